The molecule has 0 spiro atoms. The Kier molecular flexibility index (Phi) is 9.64. The molecule has 0 aliphatic rings. The lowest BCUT2D eigenvalue weighted by molar-refractivity contribution is -0.150. The van der Waals surface area contributed by atoms with Crippen LogP contribution in [0.2, 0.25) is 0 Å². The first kappa shape index (κ1) is 23.1. The van der Waals surface area contributed by atoms with Crippen molar-refractivity contribution >= 4 is 35.1 Å². The van der Waals surface area contributed by atoms with Crippen LogP contribution in [0.4, 0.5) is 9.59 Å². The third kappa shape index (κ3) is 8.62. The maximum Gasteiger partial charge on any atom is 0.519 e. The average Bonchev–Trinajstić information content (AvgIpc) is 2.93. The van der Waals surface area contributed by atoms with Gasteiger partial charge in [-0.05, 0) is 25.6 Å². The Morgan fingerprint density at radius 1 is 1.11 bits per heavy atom. The SMILES string of the molecule is CCOC(=O)[C@H](CSC(=O)OCc1oc(=O)oc1C)NC(=O)OCOC(C)=O. The van der Waals surface area contributed by atoms with E-state index in [0.29, 0.717) is 11.8 Å². The van der Waals surface area contributed by atoms with E-state index in [1.54, 1.807) is 6.92 Å². The van der Waals surface area contributed by atoms with Crippen LogP contribution in [0.15, 0.2) is 13.6 Å². The quantitative estimate of drug-likeness (QED) is 0.344. The van der Waals surface area contributed by atoms with E-state index in [1.807, 2.05) is 0 Å². The van der Waals surface area contributed by atoms with Crippen molar-refractivity contribution in [3.8, 4) is 0 Å². The van der Waals surface area contributed by atoms with Gasteiger partial charge in [-0.25, -0.2) is 19.2 Å². The van der Waals surface area contributed by atoms with Crippen LogP contribution in [0.25, 0.3) is 0 Å². The molecule has 0 aliphatic heterocycles. The first-order valence-electron chi connectivity index (χ1n) is 7.85. The predicted octanol–water partition coefficient (Wildman–Crippen LogP) is 1.09. The van der Waals surface area contributed by atoms with E-state index in [0.717, 1.165) is 6.92 Å². The van der Waals surface area contributed by atoms with E-state index >= 15 is 0 Å². The van der Waals surface area contributed by atoms with Gasteiger partial charge in [-0.15, -0.1) is 0 Å². The first-order valence-corrected chi connectivity index (χ1v) is 8.83. The Hall–Kier alpha value is -2.96. The number of ether oxygens (including phenoxy) is 4. The number of amides is 1. The molecule has 1 N–H and O–H groups in total. The van der Waals surface area contributed by atoms with E-state index < -0.39 is 42.0 Å². The highest BCUT2D eigenvalue weighted by Crippen LogP contribution is 2.13. The molecule has 1 aromatic heterocycles. The molecular formula is C15H19NO11S. The Morgan fingerprint density at radius 2 is 1.82 bits per heavy atom. The summed E-state index contributed by atoms with van der Waals surface area (Å²) in [4.78, 5) is 56.8. The number of esters is 2. The van der Waals surface area contributed by atoms with E-state index in [2.05, 4.69) is 23.6 Å². The molecule has 0 fully saturated rings. The number of hydrogen-bond acceptors (Lipinski definition) is 12. The van der Waals surface area contributed by atoms with Crippen molar-refractivity contribution in [3.05, 3.63) is 22.1 Å². The lowest BCUT2D eigenvalue weighted by atomic mass is 10.3. The maximum absolute atomic E-state index is 11.9. The van der Waals surface area contributed by atoms with Gasteiger partial charge < -0.3 is 33.1 Å². The predicted molar refractivity (Wildman–Crippen MR) is 91.3 cm³/mol. The number of nitrogens with one attached hydrogen (secondary N) is 1. The molecular weight excluding hydrogens is 402 g/mol. The molecule has 0 bridgehead atoms. The summed E-state index contributed by atoms with van der Waals surface area (Å²) in [5.41, 5.74) is 0. The maximum atomic E-state index is 11.9. The summed E-state index contributed by atoms with van der Waals surface area (Å²) in [6.45, 7) is 3.22. The van der Waals surface area contributed by atoms with Gasteiger partial charge in [0.2, 0.25) is 6.79 Å². The fourth-order valence-electron chi connectivity index (χ4n) is 1.59. The number of carbonyl (C=O) groups excluding carboxylic acids is 4. The Bertz CT molecular complexity index is 753. The highest BCUT2D eigenvalue weighted by molar-refractivity contribution is 8.13. The summed E-state index contributed by atoms with van der Waals surface area (Å²) in [6, 6.07) is -1.23. The molecule has 0 saturated heterocycles. The van der Waals surface area contributed by atoms with E-state index in [9.17, 15) is 24.0 Å². The molecule has 1 atom stereocenters. The van der Waals surface area contributed by atoms with Crippen LogP contribution in [0.5, 0.6) is 0 Å². The standard InChI is InChI=1S/C15H19NO11S/c1-4-22-12(18)10(16-13(19)25-7-24-9(3)17)6-28-15(21)23-5-11-8(2)26-14(20)27-11/h10H,4-7H2,1-3H3,(H,16,19)/t10-/m0/s1. The van der Waals surface area contributed by atoms with Gasteiger partial charge in [-0.1, -0.05) is 0 Å². The van der Waals surface area contributed by atoms with Crippen LogP contribution in [0.3, 0.4) is 0 Å². The van der Waals surface area contributed by atoms with Gasteiger partial charge in [0.25, 0.3) is 0 Å². The van der Waals surface area contributed by atoms with E-state index in [-0.39, 0.29) is 30.5 Å². The van der Waals surface area contributed by atoms with Crippen molar-refractivity contribution in [2.24, 2.45) is 0 Å². The van der Waals surface area contributed by atoms with Crippen LogP contribution in [-0.4, -0.2) is 48.5 Å². The molecule has 1 heterocycles. The molecule has 0 radical (unpaired) electrons. The monoisotopic (exact) mass is 421 g/mol. The molecule has 0 aliphatic carbocycles. The molecule has 28 heavy (non-hydrogen) atoms. The lowest BCUT2D eigenvalue weighted by Crippen LogP contribution is -2.44. The minimum Gasteiger partial charge on any atom is -0.464 e. The number of rotatable bonds is 9. The Labute approximate surface area is 162 Å². The fraction of sp³-hybridized carbons (Fsp3) is 0.533. The zero-order valence-electron chi connectivity index (χ0n) is 15.3. The highest BCUT2D eigenvalue weighted by atomic mass is 32.2. The summed E-state index contributed by atoms with van der Waals surface area (Å²) >= 11 is 0.573. The van der Waals surface area contributed by atoms with Crippen LogP contribution < -0.4 is 11.1 Å². The summed E-state index contributed by atoms with van der Waals surface area (Å²) in [5.74, 6) is -2.39. The molecule has 0 aromatic carbocycles. The van der Waals surface area contributed by atoms with Crippen molar-refractivity contribution < 1.29 is 47.0 Å². The average molecular weight is 421 g/mol. The summed E-state index contributed by atoms with van der Waals surface area (Å²) in [5, 5.41) is 1.39. The highest BCUT2D eigenvalue weighted by Gasteiger charge is 2.25. The molecule has 1 rings (SSSR count). The van der Waals surface area contributed by atoms with Gasteiger partial charge >= 0.3 is 29.2 Å². The van der Waals surface area contributed by atoms with Crippen molar-refractivity contribution in [1.29, 1.82) is 0 Å². The van der Waals surface area contributed by atoms with Crippen LogP contribution >= 0.6 is 11.8 Å². The Morgan fingerprint density at radius 3 is 2.39 bits per heavy atom. The second kappa shape index (κ2) is 11.7. The van der Waals surface area contributed by atoms with Gasteiger partial charge in [-0.2, -0.15) is 0 Å². The third-order valence-electron chi connectivity index (χ3n) is 2.84. The number of aryl methyl sites for hydroxylation is 1. The largest absolute Gasteiger partial charge is 0.519 e. The van der Waals surface area contributed by atoms with Gasteiger partial charge in [0, 0.05) is 12.7 Å². The van der Waals surface area contributed by atoms with Crippen molar-refractivity contribution in [1.82, 2.24) is 5.32 Å². The molecule has 13 heteroatoms. The van der Waals surface area contributed by atoms with Gasteiger partial charge in [-0.3, -0.25) is 4.79 Å². The normalized spacial score (nSPS) is 11.2. The van der Waals surface area contributed by atoms with Gasteiger partial charge in [0.05, 0.1) is 6.61 Å². The minimum atomic E-state index is -1.23. The van der Waals surface area contributed by atoms with Crippen LogP contribution in [0, 0.1) is 6.92 Å². The van der Waals surface area contributed by atoms with Crippen molar-refractivity contribution in [2.75, 3.05) is 19.2 Å². The number of carbonyl (C=O) groups is 4. The lowest BCUT2D eigenvalue weighted by Gasteiger charge is -2.16. The zero-order chi connectivity index (χ0) is 21.1. The number of alkyl carbamates (subject to hydrolysis) is 1. The first-order chi connectivity index (χ1) is 13.2. The second-order valence-corrected chi connectivity index (χ2v) is 5.87. The van der Waals surface area contributed by atoms with Crippen molar-refractivity contribution in [3.63, 3.8) is 0 Å². The molecule has 156 valence electrons. The Balaban J connectivity index is 2.51. The fourth-order valence-corrected chi connectivity index (χ4v) is 2.25. The smallest absolute Gasteiger partial charge is 0.464 e. The van der Waals surface area contributed by atoms with Crippen LogP contribution in [-0.2, 0) is 35.1 Å². The topological polar surface area (TPSA) is 161 Å². The number of hydrogen-bond donors (Lipinski definition) is 1. The zero-order valence-corrected chi connectivity index (χ0v) is 16.1. The number of thioether (sulfide) groups is 1. The molecule has 1 amide bonds. The minimum absolute atomic E-state index is 0.0490. The van der Waals surface area contributed by atoms with E-state index in [1.165, 1.54) is 6.92 Å². The summed E-state index contributed by atoms with van der Waals surface area (Å²) in [6.07, 6.45) is -1.05. The van der Waals surface area contributed by atoms with Crippen molar-refractivity contribution in [2.45, 2.75) is 33.4 Å². The van der Waals surface area contributed by atoms with Gasteiger partial charge in [0.1, 0.15) is 6.04 Å². The summed E-state index contributed by atoms with van der Waals surface area (Å²) in [7, 11) is 0. The van der Waals surface area contributed by atoms with E-state index in [4.69, 9.17) is 9.47 Å². The molecule has 0 unspecified atom stereocenters. The summed E-state index contributed by atoms with van der Waals surface area (Å²) < 4.78 is 28.0. The third-order valence-corrected chi connectivity index (χ3v) is 3.69. The molecule has 12 nitrogen and oxygen atoms in total. The molecule has 0 saturated carbocycles. The van der Waals surface area contributed by atoms with Gasteiger partial charge in [0.15, 0.2) is 18.1 Å². The van der Waals surface area contributed by atoms with Crippen LogP contribution in [0.1, 0.15) is 25.4 Å². The second-order valence-electron chi connectivity index (χ2n) is 4.92. The molecule has 1 aromatic rings.